The molecule has 0 aliphatic carbocycles. The topological polar surface area (TPSA) is 8.17 Å². The van der Waals surface area contributed by atoms with E-state index in [0.717, 1.165) is 22.7 Å². The van der Waals surface area contributed by atoms with Gasteiger partial charge in [-0.25, -0.2) is 0 Å². The van der Waals surface area contributed by atoms with Crippen molar-refractivity contribution in [2.75, 3.05) is 4.90 Å². The molecule has 0 fully saturated rings. The molecule has 2 nitrogen and oxygen atoms in total. The molecular formula is C70H54N2. The van der Waals surface area contributed by atoms with E-state index in [2.05, 4.69) is 292 Å². The molecule has 12 rings (SSSR count). The number of hydrogen-bond acceptors (Lipinski definition) is 1. The van der Waals surface area contributed by atoms with Crippen molar-refractivity contribution < 1.29 is 0 Å². The van der Waals surface area contributed by atoms with Crippen LogP contribution in [0.15, 0.2) is 255 Å². The van der Waals surface area contributed by atoms with Gasteiger partial charge in [-0.3, -0.25) is 0 Å². The van der Waals surface area contributed by atoms with E-state index in [1.807, 2.05) is 0 Å². The van der Waals surface area contributed by atoms with E-state index in [1.165, 1.54) is 111 Å². The van der Waals surface area contributed by atoms with Crippen molar-refractivity contribution in [1.29, 1.82) is 0 Å². The highest BCUT2D eigenvalue weighted by molar-refractivity contribution is 6.10. The maximum atomic E-state index is 2.41. The van der Waals surface area contributed by atoms with Gasteiger partial charge in [-0.1, -0.05) is 188 Å². The molecule has 0 aliphatic heterocycles. The molecule has 1 aromatic heterocycles. The highest BCUT2D eigenvalue weighted by Gasteiger charge is 2.17. The Kier molecular flexibility index (Phi) is 11.5. The Hall–Kier alpha value is -8.98. The van der Waals surface area contributed by atoms with Gasteiger partial charge in [-0.05, 0) is 184 Å². The fraction of sp³-hybridized carbons (Fsp3) is 0.0571. The summed E-state index contributed by atoms with van der Waals surface area (Å²) in [6.07, 6.45) is 0. The van der Waals surface area contributed by atoms with Gasteiger partial charge in [0.25, 0.3) is 0 Å². The van der Waals surface area contributed by atoms with Crippen molar-refractivity contribution in [3.63, 3.8) is 0 Å². The summed E-state index contributed by atoms with van der Waals surface area (Å²) in [7, 11) is 0. The smallest absolute Gasteiger partial charge is 0.0541 e. The molecule has 0 spiro atoms. The maximum Gasteiger partial charge on any atom is 0.0541 e. The Labute approximate surface area is 423 Å². The van der Waals surface area contributed by atoms with Crippen molar-refractivity contribution in [3.8, 4) is 72.4 Å². The zero-order chi connectivity index (χ0) is 48.7. The van der Waals surface area contributed by atoms with Crippen LogP contribution >= 0.6 is 0 Å². The third-order valence-corrected chi connectivity index (χ3v) is 14.5. The van der Waals surface area contributed by atoms with Crippen LogP contribution in [0.3, 0.4) is 0 Å². The van der Waals surface area contributed by atoms with Gasteiger partial charge in [0, 0.05) is 33.5 Å². The molecule has 11 aromatic carbocycles. The minimum absolute atomic E-state index is 1.09. The Morgan fingerprint density at radius 1 is 0.264 bits per heavy atom. The molecular weight excluding hydrogens is 869 g/mol. The van der Waals surface area contributed by atoms with Crippen LogP contribution < -0.4 is 4.90 Å². The molecule has 72 heavy (non-hydrogen) atoms. The van der Waals surface area contributed by atoms with E-state index in [-0.39, 0.29) is 0 Å². The van der Waals surface area contributed by atoms with E-state index < -0.39 is 0 Å². The lowest BCUT2D eigenvalue weighted by atomic mass is 9.94. The normalized spacial score (nSPS) is 11.3. The molecule has 344 valence electrons. The Bertz CT molecular complexity index is 3900. The highest BCUT2D eigenvalue weighted by atomic mass is 15.1. The van der Waals surface area contributed by atoms with Crippen LogP contribution in [0.1, 0.15) is 22.3 Å². The lowest BCUT2D eigenvalue weighted by Crippen LogP contribution is -2.09. The number of nitrogens with zero attached hydrogens (tertiary/aromatic N) is 2. The predicted octanol–water partition coefficient (Wildman–Crippen LogP) is 19.5. The Morgan fingerprint density at radius 3 is 1.31 bits per heavy atom. The molecule has 0 bridgehead atoms. The molecule has 0 amide bonds. The molecule has 2 heteroatoms. The van der Waals surface area contributed by atoms with Gasteiger partial charge in [-0.2, -0.15) is 0 Å². The summed E-state index contributed by atoms with van der Waals surface area (Å²) in [5.74, 6) is 0. The quantitative estimate of drug-likeness (QED) is 0.133. The van der Waals surface area contributed by atoms with E-state index >= 15 is 0 Å². The number of aryl methyl sites for hydroxylation is 4. The molecule has 0 saturated heterocycles. The van der Waals surface area contributed by atoms with Gasteiger partial charge in [-0.15, -0.1) is 0 Å². The van der Waals surface area contributed by atoms with E-state index in [9.17, 15) is 0 Å². The number of benzene rings is 11. The lowest BCUT2D eigenvalue weighted by Gasteiger charge is -2.26. The van der Waals surface area contributed by atoms with E-state index in [0.29, 0.717) is 0 Å². The highest BCUT2D eigenvalue weighted by Crippen LogP contribution is 2.40. The summed E-state index contributed by atoms with van der Waals surface area (Å²) in [6, 6.07) is 93.5. The van der Waals surface area contributed by atoms with Crippen molar-refractivity contribution >= 4 is 38.9 Å². The fourth-order valence-corrected chi connectivity index (χ4v) is 10.5. The maximum absolute atomic E-state index is 2.41. The zero-order valence-electron chi connectivity index (χ0n) is 41.1. The molecule has 1 heterocycles. The summed E-state index contributed by atoms with van der Waals surface area (Å²) in [4.78, 5) is 2.36. The molecule has 0 radical (unpaired) electrons. The van der Waals surface area contributed by atoms with Gasteiger partial charge in [0.05, 0.1) is 11.0 Å². The average molecular weight is 923 g/mol. The Balaban J connectivity index is 0.873. The van der Waals surface area contributed by atoms with E-state index in [1.54, 1.807) is 0 Å². The summed E-state index contributed by atoms with van der Waals surface area (Å²) in [6.45, 7) is 8.72. The van der Waals surface area contributed by atoms with Crippen molar-refractivity contribution in [1.82, 2.24) is 4.57 Å². The largest absolute Gasteiger partial charge is 0.311 e. The number of fused-ring (bicyclic) bond motifs is 3. The molecule has 0 unspecified atom stereocenters. The second-order valence-corrected chi connectivity index (χ2v) is 19.3. The third kappa shape index (κ3) is 8.48. The van der Waals surface area contributed by atoms with Gasteiger partial charge in [0.2, 0.25) is 0 Å². The second kappa shape index (κ2) is 18.7. The SMILES string of the molecule is Cc1ccc(-c2ccc(N(c3ccc(-c4ccc(-c5cc(C)c(C)cc5C)cc4)cc3)c3ccc(-c4ccc5c(c4)c4ccccc4n5-c4cccc(-c5cccc(-c6ccccc6)c5)c4)cc3)cc2)cc1. The first-order valence-electron chi connectivity index (χ1n) is 25.0. The minimum Gasteiger partial charge on any atom is -0.311 e. The lowest BCUT2D eigenvalue weighted by molar-refractivity contribution is 1.18. The summed E-state index contributed by atoms with van der Waals surface area (Å²) < 4.78 is 2.41. The number of aromatic nitrogens is 1. The molecule has 0 atom stereocenters. The predicted molar refractivity (Wildman–Crippen MR) is 307 cm³/mol. The van der Waals surface area contributed by atoms with Crippen molar-refractivity contribution in [3.05, 3.63) is 277 Å². The van der Waals surface area contributed by atoms with Crippen molar-refractivity contribution in [2.24, 2.45) is 0 Å². The summed E-state index contributed by atoms with van der Waals surface area (Å²) >= 11 is 0. The molecule has 0 N–H and O–H groups in total. The van der Waals surface area contributed by atoms with E-state index in [4.69, 9.17) is 0 Å². The van der Waals surface area contributed by atoms with Crippen LogP contribution in [0.5, 0.6) is 0 Å². The molecule has 12 aromatic rings. The van der Waals surface area contributed by atoms with Crippen molar-refractivity contribution in [2.45, 2.75) is 27.7 Å². The second-order valence-electron chi connectivity index (χ2n) is 19.3. The van der Waals surface area contributed by atoms with Gasteiger partial charge in [0.15, 0.2) is 0 Å². The molecule has 0 aliphatic rings. The average Bonchev–Trinajstić information content (AvgIpc) is 3.77. The first kappa shape index (κ1) is 44.2. The van der Waals surface area contributed by atoms with Gasteiger partial charge < -0.3 is 9.47 Å². The minimum atomic E-state index is 1.09. The zero-order valence-corrected chi connectivity index (χ0v) is 41.1. The summed E-state index contributed by atoms with van der Waals surface area (Å²) in [5, 5.41) is 2.47. The number of rotatable bonds is 10. The number of para-hydroxylation sites is 1. The van der Waals surface area contributed by atoms with Crippen LogP contribution in [0, 0.1) is 27.7 Å². The third-order valence-electron chi connectivity index (χ3n) is 14.5. The molecule has 0 saturated carbocycles. The number of hydrogen-bond donors (Lipinski definition) is 0. The van der Waals surface area contributed by atoms with Gasteiger partial charge in [0.1, 0.15) is 0 Å². The Morgan fingerprint density at radius 2 is 0.681 bits per heavy atom. The van der Waals surface area contributed by atoms with Gasteiger partial charge >= 0.3 is 0 Å². The van der Waals surface area contributed by atoms with Crippen LogP contribution in [0.2, 0.25) is 0 Å². The first-order valence-corrected chi connectivity index (χ1v) is 25.0. The van der Waals surface area contributed by atoms with Crippen LogP contribution in [0.25, 0.3) is 94.3 Å². The monoisotopic (exact) mass is 922 g/mol. The van der Waals surface area contributed by atoms with Crippen LogP contribution in [0.4, 0.5) is 17.1 Å². The van der Waals surface area contributed by atoms with Crippen LogP contribution in [-0.2, 0) is 0 Å². The summed E-state index contributed by atoms with van der Waals surface area (Å²) in [5.41, 5.74) is 26.5. The van der Waals surface area contributed by atoms with Crippen LogP contribution in [-0.4, -0.2) is 4.57 Å². The number of anilines is 3. The first-order chi connectivity index (χ1) is 35.3. The fourth-order valence-electron chi connectivity index (χ4n) is 10.5. The standard InChI is InChI=1S/C70H54N2/c1-47-20-22-52(23-21-47)54-28-35-62(36-29-54)71(63-37-30-55(31-38-63)53-24-26-57(27-25-53)67-43-49(3)48(2)42-50(67)4)64-39-32-56(33-40-64)61-34-41-70-68(46-61)66-18-8-9-19-69(66)72(70)65-17-11-16-60(45-65)59-15-10-14-58(44-59)51-12-6-5-7-13-51/h5-46H,1-4H3.